The van der Waals surface area contributed by atoms with Crippen LogP contribution >= 0.6 is 0 Å². The minimum absolute atomic E-state index is 0.476. The van der Waals surface area contributed by atoms with Gasteiger partial charge in [0.25, 0.3) is 0 Å². The quantitative estimate of drug-likeness (QED) is 0.218. The van der Waals surface area contributed by atoms with E-state index in [1.165, 1.54) is 0 Å². The van der Waals surface area contributed by atoms with Crippen molar-refractivity contribution >= 4 is 0 Å². The third-order valence-electron chi connectivity index (χ3n) is 5.45. The molecule has 3 rings (SSSR count). The largest absolute Gasteiger partial charge is 0.394 e. The monoisotopic (exact) mass is 457 g/mol. The molecular weight excluding hydrogens is 430 g/mol. The van der Waals surface area contributed by atoms with Crippen molar-refractivity contribution in [1.82, 2.24) is 0 Å². The maximum atomic E-state index is 10.7. The fraction of sp³-hybridized carbons (Fsp3) is 0.650. The lowest BCUT2D eigenvalue weighted by atomic mass is 9.97. The summed E-state index contributed by atoms with van der Waals surface area (Å²) < 4.78 is 21.7. The second kappa shape index (κ2) is 10.9. The Bertz CT molecular complexity index is 760. The highest BCUT2D eigenvalue weighted by molar-refractivity contribution is 5.22. The Morgan fingerprint density at radius 1 is 0.812 bits per heavy atom. The summed E-state index contributed by atoms with van der Waals surface area (Å²) in [6, 6.07) is 10.3. The average molecular weight is 457 g/mol. The Kier molecular flexibility index (Phi) is 8.50. The number of rotatable bonds is 7. The Labute approximate surface area is 183 Å². The van der Waals surface area contributed by atoms with Gasteiger partial charge in [-0.2, -0.15) is 5.26 Å². The Morgan fingerprint density at radius 3 is 2.00 bits per heavy atom. The van der Waals surface area contributed by atoms with Gasteiger partial charge >= 0.3 is 0 Å². The molecule has 32 heavy (non-hydrogen) atoms. The normalized spacial score (nSPS) is 41.1. The highest BCUT2D eigenvalue weighted by Gasteiger charge is 2.51. The Balaban J connectivity index is 1.78. The minimum Gasteiger partial charge on any atom is -0.394 e. The third-order valence-corrected chi connectivity index (χ3v) is 5.45. The molecule has 0 bridgehead atoms. The van der Waals surface area contributed by atoms with Gasteiger partial charge in [-0.3, -0.25) is 0 Å². The van der Waals surface area contributed by atoms with E-state index in [1.807, 2.05) is 6.07 Å². The molecule has 12 heteroatoms. The fourth-order valence-corrected chi connectivity index (χ4v) is 3.61. The van der Waals surface area contributed by atoms with Gasteiger partial charge in [0.05, 0.1) is 19.3 Å². The van der Waals surface area contributed by atoms with Gasteiger partial charge in [-0.1, -0.05) is 30.3 Å². The first-order valence-corrected chi connectivity index (χ1v) is 10.0. The van der Waals surface area contributed by atoms with Gasteiger partial charge in [-0.15, -0.1) is 0 Å². The molecule has 0 radical (unpaired) electrons. The Hall–Kier alpha value is -1.73. The molecule has 0 saturated carbocycles. The number of hydrogen-bond acceptors (Lipinski definition) is 12. The topological polar surface area (TPSA) is 202 Å². The molecule has 2 aliphatic heterocycles. The fourth-order valence-electron chi connectivity index (χ4n) is 3.61. The van der Waals surface area contributed by atoms with Crippen LogP contribution in [0.3, 0.4) is 0 Å². The van der Waals surface area contributed by atoms with Crippen molar-refractivity contribution in [3.63, 3.8) is 0 Å². The molecule has 1 aromatic carbocycles. The van der Waals surface area contributed by atoms with Crippen molar-refractivity contribution < 1.29 is 54.7 Å². The van der Waals surface area contributed by atoms with Crippen LogP contribution in [0.5, 0.6) is 0 Å². The smallest absolute Gasteiger partial charge is 0.188 e. The van der Waals surface area contributed by atoms with Crippen LogP contribution in [0.15, 0.2) is 30.3 Å². The van der Waals surface area contributed by atoms with E-state index in [2.05, 4.69) is 0 Å². The van der Waals surface area contributed by atoms with Crippen molar-refractivity contribution in [1.29, 1.82) is 5.26 Å². The summed E-state index contributed by atoms with van der Waals surface area (Å²) in [4.78, 5) is 0. The molecule has 2 saturated heterocycles. The second-order valence-corrected chi connectivity index (χ2v) is 7.56. The van der Waals surface area contributed by atoms with Crippen molar-refractivity contribution in [2.75, 3.05) is 13.2 Å². The highest BCUT2D eigenvalue weighted by atomic mass is 16.7. The molecule has 11 atom stereocenters. The van der Waals surface area contributed by atoms with Gasteiger partial charge in [-0.25, -0.2) is 0 Å². The summed E-state index contributed by atoms with van der Waals surface area (Å²) in [7, 11) is 0. The number of benzene rings is 1. The zero-order valence-corrected chi connectivity index (χ0v) is 16.9. The molecule has 7 N–H and O–H groups in total. The summed E-state index contributed by atoms with van der Waals surface area (Å²) in [5, 5.41) is 79.6. The van der Waals surface area contributed by atoms with Crippen LogP contribution in [0.2, 0.25) is 0 Å². The van der Waals surface area contributed by atoms with Crippen LogP contribution in [0.4, 0.5) is 0 Å². The van der Waals surface area contributed by atoms with Crippen LogP contribution in [0, 0.1) is 11.3 Å². The third kappa shape index (κ3) is 5.09. The predicted molar refractivity (Wildman–Crippen MR) is 102 cm³/mol. The first-order chi connectivity index (χ1) is 15.3. The van der Waals surface area contributed by atoms with E-state index in [9.17, 15) is 41.0 Å². The molecule has 0 aromatic heterocycles. The predicted octanol–water partition coefficient (Wildman–Crippen LogP) is -3.11. The maximum absolute atomic E-state index is 10.7. The van der Waals surface area contributed by atoms with Crippen LogP contribution in [0.25, 0.3) is 0 Å². The van der Waals surface area contributed by atoms with Crippen LogP contribution in [0.1, 0.15) is 11.7 Å². The molecule has 0 spiro atoms. The SMILES string of the molecule is N#C[C@H](O[C@@H]1O[C@H](CO)[C@@H](O)[C@H](OC2O[C@H](CO)[C@@H](O)[C@H](O)[C@H]2O)[C@H]1O)c1ccccc1. The molecule has 2 fully saturated rings. The van der Waals surface area contributed by atoms with Crippen LogP contribution < -0.4 is 0 Å². The lowest BCUT2D eigenvalue weighted by Gasteiger charge is -2.46. The first-order valence-electron chi connectivity index (χ1n) is 10.0. The minimum atomic E-state index is -1.78. The molecule has 2 aliphatic rings. The van der Waals surface area contributed by atoms with Gasteiger partial charge in [0, 0.05) is 0 Å². The van der Waals surface area contributed by atoms with E-state index in [4.69, 9.17) is 18.9 Å². The van der Waals surface area contributed by atoms with E-state index < -0.39 is 80.7 Å². The molecule has 0 aliphatic carbocycles. The Morgan fingerprint density at radius 2 is 1.41 bits per heavy atom. The summed E-state index contributed by atoms with van der Waals surface area (Å²) in [6.45, 7) is -1.39. The maximum Gasteiger partial charge on any atom is 0.188 e. The standard InChI is InChI=1S/C20H27NO11/c21-6-10(9-4-2-1-3-5-9)29-20-17(28)18(14(25)12(8-23)31-20)32-19-16(27)15(26)13(24)11(7-22)30-19/h1-5,10-20,22-28H,7-8H2/t10-,11+,12+,13+,14+,15-,16+,17+,18-,19?,20+/m0/s1. The van der Waals surface area contributed by atoms with Crippen molar-refractivity contribution in [3.05, 3.63) is 35.9 Å². The van der Waals surface area contributed by atoms with E-state index in [0.29, 0.717) is 5.56 Å². The molecule has 2 heterocycles. The molecule has 1 unspecified atom stereocenters. The zero-order valence-electron chi connectivity index (χ0n) is 16.9. The number of ether oxygens (including phenoxy) is 4. The van der Waals surface area contributed by atoms with E-state index in [-0.39, 0.29) is 0 Å². The number of hydrogen-bond donors (Lipinski definition) is 7. The van der Waals surface area contributed by atoms with E-state index in [1.54, 1.807) is 30.3 Å². The summed E-state index contributed by atoms with van der Waals surface area (Å²) in [5.74, 6) is 0. The highest BCUT2D eigenvalue weighted by Crippen LogP contribution is 2.31. The van der Waals surface area contributed by atoms with Gasteiger partial charge in [0.2, 0.25) is 0 Å². The molecular formula is C20H27NO11. The summed E-state index contributed by atoms with van der Waals surface area (Å²) in [6.07, 6.45) is -16.9. The van der Waals surface area contributed by atoms with Crippen molar-refractivity contribution in [2.24, 2.45) is 0 Å². The van der Waals surface area contributed by atoms with Crippen LogP contribution in [-0.2, 0) is 18.9 Å². The first kappa shape index (κ1) is 24.9. The second-order valence-electron chi connectivity index (χ2n) is 7.56. The lowest BCUT2D eigenvalue weighted by Crippen LogP contribution is -2.64. The van der Waals surface area contributed by atoms with Gasteiger partial charge in [-0.05, 0) is 5.56 Å². The molecule has 1 aromatic rings. The van der Waals surface area contributed by atoms with E-state index >= 15 is 0 Å². The van der Waals surface area contributed by atoms with E-state index in [0.717, 1.165) is 0 Å². The van der Waals surface area contributed by atoms with Gasteiger partial charge in [0.1, 0.15) is 48.8 Å². The van der Waals surface area contributed by atoms with Crippen molar-refractivity contribution in [2.45, 2.75) is 67.5 Å². The lowest BCUT2D eigenvalue weighted by molar-refractivity contribution is -0.362. The number of nitrogens with zero attached hydrogens (tertiary/aromatic N) is 1. The summed E-state index contributed by atoms with van der Waals surface area (Å²) in [5.41, 5.74) is 0.476. The average Bonchev–Trinajstić information content (AvgIpc) is 2.81. The number of nitriles is 1. The summed E-state index contributed by atoms with van der Waals surface area (Å²) >= 11 is 0. The van der Waals surface area contributed by atoms with Gasteiger partial charge in [0.15, 0.2) is 18.7 Å². The van der Waals surface area contributed by atoms with Gasteiger partial charge < -0.3 is 54.7 Å². The molecule has 0 amide bonds. The van der Waals surface area contributed by atoms with Crippen molar-refractivity contribution in [3.8, 4) is 6.07 Å². The number of aliphatic hydroxyl groups is 7. The molecule has 178 valence electrons. The molecule has 12 nitrogen and oxygen atoms in total. The number of aliphatic hydroxyl groups excluding tert-OH is 7. The zero-order chi connectivity index (χ0) is 23.4. The van der Waals surface area contributed by atoms with Crippen LogP contribution in [-0.4, -0.2) is 110 Å².